The molecule has 7 N–H and O–H groups in total. The van der Waals surface area contributed by atoms with Crippen LogP contribution in [-0.4, -0.2) is 130 Å². The Hall–Kier alpha value is -7.95. The predicted molar refractivity (Wildman–Crippen MR) is 293 cm³/mol. The van der Waals surface area contributed by atoms with Gasteiger partial charge in [0.15, 0.2) is 41.7 Å². The summed E-state index contributed by atoms with van der Waals surface area (Å²) < 4.78 is 31.8. The lowest BCUT2D eigenvalue weighted by atomic mass is 10.2. The van der Waals surface area contributed by atoms with Gasteiger partial charge < -0.3 is 59.7 Å². The average Bonchev–Trinajstić information content (AvgIpc) is 3.89. The second kappa shape index (κ2) is 36.1. The van der Waals surface area contributed by atoms with Crippen LogP contribution in [0.2, 0.25) is 0 Å². The van der Waals surface area contributed by atoms with Gasteiger partial charge in [0, 0.05) is 13.8 Å². The van der Waals surface area contributed by atoms with Gasteiger partial charge in [-0.25, -0.2) is 28.8 Å². The number of anilines is 2. The van der Waals surface area contributed by atoms with Crippen LogP contribution in [0.3, 0.4) is 0 Å². The number of carbonyl (C=O) groups excluding carboxylic acids is 5. The lowest BCUT2D eigenvalue weighted by Crippen LogP contribution is -2.33. The molecule has 4 heterocycles. The number of aromatic amines is 2. The molecule has 2 unspecified atom stereocenters. The molecule has 0 bridgehead atoms. The monoisotopic (exact) mass is 1190 g/mol. The molecule has 77 heavy (non-hydrogen) atoms. The first-order chi connectivity index (χ1) is 36.3. The van der Waals surface area contributed by atoms with E-state index < -0.39 is 49.3 Å². The van der Waals surface area contributed by atoms with Gasteiger partial charge in [0.2, 0.25) is 5.91 Å². The molecule has 27 heteroatoms. The van der Waals surface area contributed by atoms with Crippen LogP contribution in [0.4, 0.5) is 11.6 Å². The number of nitrogens with two attached hydrogens (primary N) is 1. The summed E-state index contributed by atoms with van der Waals surface area (Å²) in [5.41, 5.74) is 8.96. The number of carboxylic acid groups (broad SMARTS) is 1. The molecule has 6 aromatic rings. The van der Waals surface area contributed by atoms with Gasteiger partial charge in [0.1, 0.15) is 17.6 Å². The summed E-state index contributed by atoms with van der Waals surface area (Å²) in [6.07, 6.45) is 1.04. The van der Waals surface area contributed by atoms with Gasteiger partial charge in [-0.15, -0.1) is 24.0 Å². The first-order valence-corrected chi connectivity index (χ1v) is 24.2. The molecule has 0 saturated heterocycles. The van der Waals surface area contributed by atoms with Crippen LogP contribution >= 0.6 is 24.0 Å². The number of amides is 1. The number of rotatable bonds is 21. The zero-order chi connectivity index (χ0) is 56.7. The molecular formula is C50H69IN10O16. The van der Waals surface area contributed by atoms with Gasteiger partial charge in [0.05, 0.1) is 32.9 Å². The van der Waals surface area contributed by atoms with E-state index in [0.717, 1.165) is 43.7 Å². The molecule has 0 aliphatic rings. The highest BCUT2D eigenvalue weighted by Crippen LogP contribution is 2.22. The maximum Gasteiger partial charge on any atom is 0.347 e. The van der Waals surface area contributed by atoms with Crippen LogP contribution in [0.5, 0.6) is 12.0 Å². The van der Waals surface area contributed by atoms with Gasteiger partial charge >= 0.3 is 53.2 Å². The summed E-state index contributed by atoms with van der Waals surface area (Å²) >= 11 is 0. The van der Waals surface area contributed by atoms with Crippen molar-refractivity contribution in [3.63, 3.8) is 0 Å². The molecule has 422 valence electrons. The van der Waals surface area contributed by atoms with Gasteiger partial charge in [-0.2, -0.15) is 19.9 Å². The number of benzene rings is 2. The second-order valence-corrected chi connectivity index (χ2v) is 15.5. The zero-order valence-electron chi connectivity index (χ0n) is 44.5. The van der Waals surface area contributed by atoms with Gasteiger partial charge in [0.25, 0.3) is 0 Å². The Bertz CT molecular complexity index is 2910. The molecular weight excluding hydrogens is 1120 g/mol. The normalized spacial score (nSPS) is 10.8. The highest BCUT2D eigenvalue weighted by atomic mass is 127. The van der Waals surface area contributed by atoms with E-state index >= 15 is 0 Å². The maximum atomic E-state index is 12.4. The largest absolute Gasteiger partial charge is 0.479 e. The molecule has 0 aliphatic carbocycles. The smallest absolute Gasteiger partial charge is 0.347 e. The van der Waals surface area contributed by atoms with Crippen molar-refractivity contribution in [2.24, 2.45) is 0 Å². The Kier molecular flexibility index (Phi) is 31.4. The third-order valence-corrected chi connectivity index (χ3v) is 9.46. The van der Waals surface area contributed by atoms with Crippen LogP contribution in [0.25, 0.3) is 22.3 Å². The van der Waals surface area contributed by atoms with Crippen molar-refractivity contribution in [3.05, 3.63) is 92.8 Å². The molecule has 0 aliphatic heterocycles. The summed E-state index contributed by atoms with van der Waals surface area (Å²) in [5.74, 6) is -4.50. The number of H-pyrrole nitrogens is 2. The molecule has 0 radical (unpaired) electrons. The summed E-state index contributed by atoms with van der Waals surface area (Å²) in [6, 6.07) is 19.6. The minimum atomic E-state index is -1.37. The zero-order valence-corrected chi connectivity index (χ0v) is 46.8. The molecule has 2 aromatic carbocycles. The maximum absolute atomic E-state index is 12.4. The number of halogens is 1. The number of unbranched alkanes of at least 4 members (excludes halogenated alkanes) is 2. The van der Waals surface area contributed by atoms with Gasteiger partial charge in [-0.3, -0.25) is 18.7 Å². The number of hydrogen-bond acceptors (Lipinski definition) is 20. The van der Waals surface area contributed by atoms with E-state index in [1.807, 2.05) is 74.5 Å². The van der Waals surface area contributed by atoms with Crippen LogP contribution in [0.15, 0.2) is 70.3 Å². The van der Waals surface area contributed by atoms with E-state index in [4.69, 9.17) is 25.4 Å². The lowest BCUT2D eigenvalue weighted by Gasteiger charge is -2.14. The third kappa shape index (κ3) is 23.6. The Balaban J connectivity index is 0.000000541. The predicted octanol–water partition coefficient (Wildman–Crippen LogP) is 4.92. The fourth-order valence-corrected chi connectivity index (χ4v) is 5.86. The summed E-state index contributed by atoms with van der Waals surface area (Å²) in [4.78, 5) is 112. The van der Waals surface area contributed by atoms with Crippen molar-refractivity contribution >= 4 is 93.7 Å². The number of aromatic nitrogens is 8. The van der Waals surface area contributed by atoms with Gasteiger partial charge in [-0.05, 0) is 44.7 Å². The number of ether oxygens (including phenoxy) is 6. The molecule has 4 aromatic heterocycles. The SMILES string of the molecule is CC.CC(OC(=O)C(C)OC(=O)COC(=O)CO)C(=O)O.CCCCOc1nc(N)c2[nH]c(=O)n(Cc3ccccc3)c2n1.CCCCOc1nc(NC(C)=O)c2[nH]c(=O)n(Cc3ccccc3)c2n1.CCOC(C)=O.I. The Morgan fingerprint density at radius 3 is 1.60 bits per heavy atom. The molecule has 0 fully saturated rings. The third-order valence-electron chi connectivity index (χ3n) is 9.46. The van der Waals surface area contributed by atoms with Crippen molar-refractivity contribution in [1.29, 1.82) is 0 Å². The Labute approximate surface area is 460 Å². The summed E-state index contributed by atoms with van der Waals surface area (Å²) in [6.45, 7) is 15.6. The van der Waals surface area contributed by atoms with E-state index in [-0.39, 0.29) is 70.9 Å². The fourth-order valence-electron chi connectivity index (χ4n) is 5.86. The highest BCUT2D eigenvalue weighted by molar-refractivity contribution is 14.0. The van der Waals surface area contributed by atoms with Crippen molar-refractivity contribution in [3.8, 4) is 12.0 Å². The van der Waals surface area contributed by atoms with E-state index in [0.29, 0.717) is 55.2 Å². The lowest BCUT2D eigenvalue weighted by molar-refractivity contribution is -0.177. The molecule has 1 amide bonds. The first kappa shape index (κ1) is 67.1. The fraction of sp³-hybridized carbons (Fsp3) is 0.440. The minimum absolute atomic E-state index is 0. The molecule has 2 atom stereocenters. The minimum Gasteiger partial charge on any atom is -0.479 e. The van der Waals surface area contributed by atoms with Crippen LogP contribution in [0, 0.1) is 0 Å². The number of esters is 4. The number of nitrogens with one attached hydrogen (secondary N) is 3. The molecule has 6 rings (SSSR count). The topological polar surface area (TPSA) is 363 Å². The van der Waals surface area contributed by atoms with Crippen LogP contribution in [-0.2, 0) is 60.8 Å². The molecule has 26 nitrogen and oxygen atoms in total. The van der Waals surface area contributed by atoms with Crippen LogP contribution in [0.1, 0.15) is 99.1 Å². The number of aliphatic carboxylic acids is 1. The average molecular weight is 1190 g/mol. The van der Waals surface area contributed by atoms with Crippen molar-refractivity contribution in [1.82, 2.24) is 39.0 Å². The Morgan fingerprint density at radius 2 is 1.17 bits per heavy atom. The number of nitrogen functional groups attached to an aromatic ring is 1. The molecule has 0 saturated carbocycles. The summed E-state index contributed by atoms with van der Waals surface area (Å²) in [7, 11) is 0. The quantitative estimate of drug-likeness (QED) is 0.0241. The Morgan fingerprint density at radius 1 is 0.688 bits per heavy atom. The number of fused-ring (bicyclic) bond motifs is 2. The molecule has 0 spiro atoms. The number of nitrogens with zero attached hydrogens (tertiary/aromatic N) is 6. The number of carbonyl (C=O) groups is 6. The first-order valence-electron chi connectivity index (χ1n) is 24.2. The van der Waals surface area contributed by atoms with E-state index in [1.54, 1.807) is 6.92 Å². The second-order valence-electron chi connectivity index (χ2n) is 15.5. The number of carboxylic acids is 1. The van der Waals surface area contributed by atoms with Gasteiger partial charge in [-0.1, -0.05) is 101 Å². The van der Waals surface area contributed by atoms with E-state index in [1.165, 1.54) is 29.9 Å². The number of aliphatic hydroxyl groups excluding tert-OH is 1. The van der Waals surface area contributed by atoms with E-state index in [2.05, 4.69) is 68.0 Å². The van der Waals surface area contributed by atoms with E-state index in [9.17, 15) is 38.4 Å². The highest BCUT2D eigenvalue weighted by Gasteiger charge is 2.25. The van der Waals surface area contributed by atoms with Crippen molar-refractivity contribution in [2.45, 2.75) is 113 Å². The number of hydrogen-bond donors (Lipinski definition) is 6. The summed E-state index contributed by atoms with van der Waals surface area (Å²) in [5, 5.41) is 19.4. The standard InChI is InChI=1S/C18H21N5O3.C16H19N5O2.C10H14O9.C4H8O2.C2H6.HI/c1-3-4-10-26-17-21-15(19-12(2)24)14-16(22-17)23(18(25)20-14)11-13-8-6-5-7-9-13;1-2-3-9-23-15-19-13(17)12-14(20-15)21(16(22)18-12)10-11-7-5-4-6-8-11;1-5(9(14)15)19-10(16)6(2)18-8(13)4-17-7(12)3-11;1-3-6-4(2)5;1-2;/h5-9H,3-4,10-11H2,1-2H3,(H,20,25)(H,19,21,22,24);4-8H,2-3,9-10H2,1H3,(H,18,22)(H2,17,19,20);5-6,11H,3-4H2,1-2H3,(H,14,15);3H2,1-2H3;1-2H3;1H. The number of imidazole rings is 2. The number of aliphatic hydroxyl groups is 1. The van der Waals surface area contributed by atoms with Crippen molar-refractivity contribution in [2.75, 3.05) is 44.1 Å². The van der Waals surface area contributed by atoms with Crippen LogP contribution < -0.4 is 31.9 Å². The van der Waals surface area contributed by atoms with Crippen molar-refractivity contribution < 1.29 is 67.4 Å².